The molecule has 0 amide bonds. The summed E-state index contributed by atoms with van der Waals surface area (Å²) in [4.78, 5) is 15.7. The number of fused-ring (bicyclic) bond motifs is 2. The summed E-state index contributed by atoms with van der Waals surface area (Å²) in [5.74, 6) is 0.569. The number of nitrogens with zero attached hydrogens (tertiary/aromatic N) is 5. The average molecular weight is 371 g/mol. The van der Waals surface area contributed by atoms with Crippen LogP contribution in [-0.2, 0) is 24.2 Å². The average Bonchev–Trinajstić information content (AvgIpc) is 3.31. The van der Waals surface area contributed by atoms with Crippen molar-refractivity contribution in [3.05, 3.63) is 70.6 Å². The number of nitrogen functional groups attached to an aromatic ring is 1. The Morgan fingerprint density at radius 2 is 2.07 bits per heavy atom. The van der Waals surface area contributed by atoms with E-state index in [2.05, 4.69) is 37.6 Å². The molecule has 0 aliphatic heterocycles. The van der Waals surface area contributed by atoms with E-state index in [0.717, 1.165) is 33.3 Å². The van der Waals surface area contributed by atoms with E-state index in [1.807, 2.05) is 35.3 Å². The maximum absolute atomic E-state index is 11.5. The molecular weight excluding hydrogens is 354 g/mol. The first-order valence-electron chi connectivity index (χ1n) is 8.94. The maximum atomic E-state index is 11.5. The number of carbonyl (C=O) groups is 1. The molecule has 3 N–H and O–H groups in total. The largest absolute Gasteiger partial charge is 0.384 e. The van der Waals surface area contributed by atoms with E-state index in [4.69, 9.17) is 5.73 Å². The van der Waals surface area contributed by atoms with Gasteiger partial charge in [0.15, 0.2) is 5.78 Å². The monoisotopic (exact) mass is 371 g/mol. The third-order valence-electron chi connectivity index (χ3n) is 4.84. The first-order chi connectivity index (χ1) is 13.6. The molecule has 0 radical (unpaired) electrons. The SMILES string of the molecule is Nc1cc(Cc2cnn(Cc3ccc4c(c3)C=CC(=O)C4)c2)c2n[nH]nc2n1. The van der Waals surface area contributed by atoms with Crippen LogP contribution in [0.2, 0.25) is 0 Å². The highest BCUT2D eigenvalue weighted by atomic mass is 16.1. The van der Waals surface area contributed by atoms with Crippen molar-refractivity contribution in [2.75, 3.05) is 5.73 Å². The van der Waals surface area contributed by atoms with Crippen molar-refractivity contribution in [1.29, 1.82) is 0 Å². The summed E-state index contributed by atoms with van der Waals surface area (Å²) >= 11 is 0. The molecule has 138 valence electrons. The quantitative estimate of drug-likeness (QED) is 0.566. The molecule has 28 heavy (non-hydrogen) atoms. The Bertz CT molecular complexity index is 1230. The van der Waals surface area contributed by atoms with Gasteiger partial charge in [0, 0.05) is 19.0 Å². The summed E-state index contributed by atoms with van der Waals surface area (Å²) in [5.41, 5.74) is 12.4. The zero-order chi connectivity index (χ0) is 19.1. The number of nitrogens with one attached hydrogen (secondary N) is 1. The molecular formula is C20H17N7O. The third-order valence-corrected chi connectivity index (χ3v) is 4.84. The fraction of sp³-hybridized carbons (Fsp3) is 0.150. The zero-order valence-electron chi connectivity index (χ0n) is 15.0. The smallest absolute Gasteiger partial charge is 0.203 e. The highest BCUT2D eigenvalue weighted by Crippen LogP contribution is 2.21. The van der Waals surface area contributed by atoms with Gasteiger partial charge >= 0.3 is 0 Å². The molecule has 1 aliphatic rings. The number of H-pyrrole nitrogens is 1. The predicted molar refractivity (Wildman–Crippen MR) is 104 cm³/mol. The number of hydrogen-bond acceptors (Lipinski definition) is 6. The second-order valence-corrected chi connectivity index (χ2v) is 6.93. The molecule has 0 fully saturated rings. The molecule has 0 saturated heterocycles. The standard InChI is InChI=1S/C20H17N7O/c21-18-8-16(19-20(23-18)25-26-24-19)6-13-9-22-27(11-13)10-12-1-2-15-7-17(28)4-3-14(15)5-12/h1-5,8-9,11H,6-7,10H2,(H3,21,23,24,25,26). The van der Waals surface area contributed by atoms with Crippen molar-refractivity contribution in [2.45, 2.75) is 19.4 Å². The summed E-state index contributed by atoms with van der Waals surface area (Å²) < 4.78 is 1.90. The number of rotatable bonds is 4. The number of benzene rings is 1. The van der Waals surface area contributed by atoms with Crippen LogP contribution < -0.4 is 5.73 Å². The van der Waals surface area contributed by atoms with Gasteiger partial charge in [0.2, 0.25) is 5.65 Å². The van der Waals surface area contributed by atoms with Gasteiger partial charge in [0.25, 0.3) is 0 Å². The summed E-state index contributed by atoms with van der Waals surface area (Å²) in [6.45, 7) is 0.660. The number of aromatic nitrogens is 6. The molecule has 4 aromatic rings. The van der Waals surface area contributed by atoms with Crippen molar-refractivity contribution in [3.63, 3.8) is 0 Å². The molecule has 1 aromatic carbocycles. The number of nitrogens with two attached hydrogens (primary N) is 1. The van der Waals surface area contributed by atoms with Crippen LogP contribution in [0.1, 0.15) is 27.8 Å². The summed E-state index contributed by atoms with van der Waals surface area (Å²) in [6.07, 6.45) is 8.51. The van der Waals surface area contributed by atoms with Crippen LogP contribution in [0.3, 0.4) is 0 Å². The zero-order valence-corrected chi connectivity index (χ0v) is 15.0. The Hall–Kier alpha value is -3.81. The van der Waals surface area contributed by atoms with Crippen LogP contribution in [0.5, 0.6) is 0 Å². The van der Waals surface area contributed by atoms with Crippen molar-refractivity contribution in [3.8, 4) is 0 Å². The van der Waals surface area contributed by atoms with Crippen LogP contribution in [0, 0.1) is 0 Å². The van der Waals surface area contributed by atoms with Crippen LogP contribution in [0.15, 0.2) is 42.7 Å². The fourth-order valence-electron chi connectivity index (χ4n) is 3.53. The Balaban J connectivity index is 1.36. The number of allylic oxidation sites excluding steroid dienone is 1. The summed E-state index contributed by atoms with van der Waals surface area (Å²) in [5, 5.41) is 15.2. The van der Waals surface area contributed by atoms with Gasteiger partial charge in [0.05, 0.1) is 12.7 Å². The Morgan fingerprint density at radius 3 is 3.00 bits per heavy atom. The van der Waals surface area contributed by atoms with Crippen molar-refractivity contribution in [1.82, 2.24) is 30.2 Å². The van der Waals surface area contributed by atoms with Crippen LogP contribution in [-0.4, -0.2) is 36.0 Å². The Kier molecular flexibility index (Phi) is 3.75. The molecule has 8 heteroatoms. The highest BCUT2D eigenvalue weighted by molar-refractivity contribution is 5.98. The molecule has 3 aromatic heterocycles. The number of carbonyl (C=O) groups excluding carboxylic acids is 1. The first-order valence-corrected chi connectivity index (χ1v) is 8.94. The second kappa shape index (κ2) is 6.41. The third kappa shape index (κ3) is 3.05. The highest BCUT2D eigenvalue weighted by Gasteiger charge is 2.12. The normalized spacial score (nSPS) is 13.2. The molecule has 0 spiro atoms. The second-order valence-electron chi connectivity index (χ2n) is 6.93. The molecule has 0 saturated carbocycles. The van der Waals surface area contributed by atoms with Gasteiger partial charge in [-0.05, 0) is 46.0 Å². The van der Waals surface area contributed by atoms with Crippen LogP contribution in [0.4, 0.5) is 5.82 Å². The van der Waals surface area contributed by atoms with Gasteiger partial charge in [-0.25, -0.2) is 4.98 Å². The van der Waals surface area contributed by atoms with Crippen molar-refractivity contribution >= 4 is 28.8 Å². The number of ketones is 1. The van der Waals surface area contributed by atoms with E-state index < -0.39 is 0 Å². The molecule has 3 heterocycles. The molecule has 0 atom stereocenters. The summed E-state index contributed by atoms with van der Waals surface area (Å²) in [7, 11) is 0. The molecule has 0 bridgehead atoms. The predicted octanol–water partition coefficient (Wildman–Crippen LogP) is 1.91. The van der Waals surface area contributed by atoms with Crippen molar-refractivity contribution < 1.29 is 4.79 Å². The fourth-order valence-corrected chi connectivity index (χ4v) is 3.53. The lowest BCUT2D eigenvalue weighted by atomic mass is 9.95. The van der Waals surface area contributed by atoms with Crippen LogP contribution in [0.25, 0.3) is 17.2 Å². The number of anilines is 1. The number of pyridine rings is 1. The van der Waals surface area contributed by atoms with Gasteiger partial charge in [-0.1, -0.05) is 18.2 Å². The van der Waals surface area contributed by atoms with Crippen molar-refractivity contribution in [2.24, 2.45) is 0 Å². The van der Waals surface area contributed by atoms with E-state index in [1.54, 1.807) is 6.08 Å². The topological polar surface area (TPSA) is 115 Å². The lowest BCUT2D eigenvalue weighted by Gasteiger charge is -2.11. The van der Waals surface area contributed by atoms with Gasteiger partial charge in [-0.2, -0.15) is 15.4 Å². The van der Waals surface area contributed by atoms with Gasteiger partial charge in [-0.3, -0.25) is 9.48 Å². The minimum Gasteiger partial charge on any atom is -0.384 e. The molecule has 1 aliphatic carbocycles. The van der Waals surface area contributed by atoms with E-state index >= 15 is 0 Å². The van der Waals surface area contributed by atoms with Gasteiger partial charge in [0.1, 0.15) is 11.3 Å². The van der Waals surface area contributed by atoms with Gasteiger partial charge in [-0.15, -0.1) is 5.10 Å². The number of hydrogen-bond donors (Lipinski definition) is 2. The maximum Gasteiger partial charge on any atom is 0.203 e. The first kappa shape index (κ1) is 16.4. The lowest BCUT2D eigenvalue weighted by Crippen LogP contribution is -2.07. The molecule has 0 unspecified atom stereocenters. The molecule has 5 rings (SSSR count). The van der Waals surface area contributed by atoms with E-state index in [9.17, 15) is 4.79 Å². The summed E-state index contributed by atoms with van der Waals surface area (Å²) in [6, 6.07) is 8.01. The number of aromatic amines is 1. The Labute approximate surface area is 160 Å². The Morgan fingerprint density at radius 1 is 1.14 bits per heavy atom. The van der Waals surface area contributed by atoms with E-state index in [0.29, 0.717) is 30.9 Å². The lowest BCUT2D eigenvalue weighted by molar-refractivity contribution is -0.114. The van der Waals surface area contributed by atoms with Gasteiger partial charge < -0.3 is 5.73 Å². The minimum atomic E-state index is 0.148. The van der Waals surface area contributed by atoms with E-state index in [-0.39, 0.29) is 5.78 Å². The minimum absolute atomic E-state index is 0.148. The van der Waals surface area contributed by atoms with Crippen LogP contribution >= 0.6 is 0 Å². The molecule has 8 nitrogen and oxygen atoms in total. The van der Waals surface area contributed by atoms with E-state index in [1.165, 1.54) is 0 Å².